The van der Waals surface area contributed by atoms with Crippen molar-refractivity contribution in [2.75, 3.05) is 26.7 Å². The number of ketones is 1. The zero-order chi connectivity index (χ0) is 41.4. The summed E-state index contributed by atoms with van der Waals surface area (Å²) in [5.41, 5.74) is 0.286. The van der Waals surface area contributed by atoms with Crippen molar-refractivity contribution in [1.82, 2.24) is 19.5 Å². The monoisotopic (exact) mass is 812 g/mol. The second kappa shape index (κ2) is 16.5. The predicted octanol–water partition coefficient (Wildman–Crippen LogP) is 6.47. The number of hydrogen-bond donors (Lipinski definition) is 1. The lowest BCUT2D eigenvalue weighted by Gasteiger charge is -2.36. The number of allylic oxidation sites excluding steroid dienone is 1. The van der Waals surface area contributed by atoms with Crippen LogP contribution < -0.4 is 14.2 Å². The third-order valence-corrected chi connectivity index (χ3v) is 14.3. The summed E-state index contributed by atoms with van der Waals surface area (Å²) in [7, 11) is -2.27. The highest BCUT2D eigenvalue weighted by molar-refractivity contribution is 7.90. The maximum Gasteiger partial charge on any atom is 0.240 e. The number of sulfonamides is 1. The molecule has 3 amide bonds. The number of methoxy groups -OCH3 is 1. The Morgan fingerprint density at radius 3 is 2.34 bits per heavy atom. The van der Waals surface area contributed by atoms with Crippen LogP contribution in [0.3, 0.4) is 0 Å². The van der Waals surface area contributed by atoms with Crippen LogP contribution >= 0.6 is 0 Å². The maximum atomic E-state index is 15.0. The Labute approximate surface area is 341 Å². The van der Waals surface area contributed by atoms with Crippen LogP contribution in [0.15, 0.2) is 67.3 Å². The summed E-state index contributed by atoms with van der Waals surface area (Å²) in [6.07, 6.45) is 6.07. The van der Waals surface area contributed by atoms with Crippen LogP contribution in [-0.2, 0) is 29.2 Å². The molecule has 2 aliphatic carbocycles. The molecule has 2 aliphatic heterocycles. The van der Waals surface area contributed by atoms with Crippen molar-refractivity contribution in [2.45, 2.75) is 102 Å². The van der Waals surface area contributed by atoms with Crippen molar-refractivity contribution in [3.05, 3.63) is 67.3 Å². The van der Waals surface area contributed by atoms with E-state index >= 15 is 0 Å². The maximum absolute atomic E-state index is 15.0. The van der Waals surface area contributed by atoms with Crippen molar-refractivity contribution in [3.63, 3.8) is 0 Å². The lowest BCUT2D eigenvalue weighted by atomic mass is 9.77. The van der Waals surface area contributed by atoms with Gasteiger partial charge in [0.25, 0.3) is 0 Å². The van der Waals surface area contributed by atoms with Crippen LogP contribution in [0.5, 0.6) is 11.5 Å². The molecule has 7 rings (SSSR count). The summed E-state index contributed by atoms with van der Waals surface area (Å²) < 4.78 is 40.3. The minimum atomic E-state index is -3.86. The molecule has 3 heterocycles. The Balaban J connectivity index is 1.21. The van der Waals surface area contributed by atoms with Crippen molar-refractivity contribution in [1.29, 1.82) is 0 Å². The van der Waals surface area contributed by atoms with Crippen molar-refractivity contribution >= 4 is 44.4 Å². The van der Waals surface area contributed by atoms with Gasteiger partial charge >= 0.3 is 0 Å². The quantitative estimate of drug-likeness (QED) is 0.181. The Morgan fingerprint density at radius 2 is 1.72 bits per heavy atom. The fourth-order valence-corrected chi connectivity index (χ4v) is 10.0. The van der Waals surface area contributed by atoms with E-state index in [1.807, 2.05) is 80.3 Å². The third kappa shape index (κ3) is 8.79. The van der Waals surface area contributed by atoms with Crippen LogP contribution in [0.2, 0.25) is 0 Å². The molecule has 13 heteroatoms. The fraction of sp³-hybridized carbons (Fsp3) is 0.533. The summed E-state index contributed by atoms with van der Waals surface area (Å²) in [5, 5.41) is 0.119. The first-order valence-corrected chi connectivity index (χ1v) is 22.2. The summed E-state index contributed by atoms with van der Waals surface area (Å²) in [6.45, 7) is 11.1. The van der Waals surface area contributed by atoms with Crippen LogP contribution in [0.4, 0.5) is 0 Å². The van der Waals surface area contributed by atoms with E-state index in [9.17, 15) is 27.6 Å². The minimum absolute atomic E-state index is 0.00639. The van der Waals surface area contributed by atoms with Crippen molar-refractivity contribution < 1.29 is 37.1 Å². The van der Waals surface area contributed by atoms with E-state index in [-0.39, 0.29) is 49.8 Å². The zero-order valence-corrected chi connectivity index (χ0v) is 34.9. The number of carbonyl (C=O) groups is 4. The molecule has 1 aromatic heterocycles. The number of ether oxygens (including phenoxy) is 2. The minimum Gasteiger partial charge on any atom is -0.497 e. The van der Waals surface area contributed by atoms with E-state index in [0.29, 0.717) is 48.6 Å². The molecular weight excluding hydrogens is 757 g/mol. The molecule has 5 atom stereocenters. The second-order valence-corrected chi connectivity index (χ2v) is 19.6. The van der Waals surface area contributed by atoms with Gasteiger partial charge in [0.2, 0.25) is 27.7 Å². The van der Waals surface area contributed by atoms with E-state index in [4.69, 9.17) is 14.5 Å². The Morgan fingerprint density at radius 1 is 1.02 bits per heavy atom. The number of fused-ring (bicyclic) bond motifs is 1. The normalized spacial score (nSPS) is 24.1. The highest BCUT2D eigenvalue weighted by Gasteiger charge is 2.61. The molecule has 12 nitrogen and oxygen atoms in total. The Kier molecular flexibility index (Phi) is 11.7. The molecule has 58 heavy (non-hydrogen) atoms. The molecule has 4 fully saturated rings. The topological polar surface area (TPSA) is 152 Å². The fourth-order valence-electron chi connectivity index (χ4n) is 8.66. The van der Waals surface area contributed by atoms with Gasteiger partial charge in [0.1, 0.15) is 17.6 Å². The van der Waals surface area contributed by atoms with Crippen LogP contribution in [0.1, 0.15) is 85.0 Å². The highest BCUT2D eigenvalue weighted by atomic mass is 32.2. The molecule has 2 saturated heterocycles. The first kappa shape index (κ1) is 41.4. The smallest absolute Gasteiger partial charge is 0.240 e. The predicted molar refractivity (Wildman–Crippen MR) is 221 cm³/mol. The number of hydrogen-bond acceptors (Lipinski definition) is 9. The van der Waals surface area contributed by atoms with Crippen LogP contribution in [0, 0.1) is 22.7 Å². The van der Waals surface area contributed by atoms with Crippen molar-refractivity contribution in [2.24, 2.45) is 22.7 Å². The number of benzene rings is 2. The van der Waals surface area contributed by atoms with Gasteiger partial charge in [-0.1, -0.05) is 70.0 Å². The molecule has 2 saturated carbocycles. The number of pyridine rings is 1. The number of amides is 3. The standard InChI is InChI=1S/C45H56N4O8S/c1-6-30-26-45(30,43(53)47-58(54,55)33-17-18-33)27-39(50)38-23-32(28-49(38)42(52)35(44(2,3)4)24-41(51)48-20-12-7-8-13-21-48)57-40-25-36(29-14-10-9-11-15-29)46-37-22-31(56-5)16-19-34(37)40/h6,9-11,14-16,19,22,25,30,32-33,35,38H,1,7-8,12-13,17-18,20-21,23-24,26-28H2,2-5H3,(H,47,53)/t30-,32-,35-,38+,45-/m1/s1. The molecule has 310 valence electrons. The molecule has 3 aromatic rings. The number of likely N-dealkylation sites (tertiary alicyclic amines) is 2. The molecule has 0 spiro atoms. The molecule has 0 unspecified atom stereocenters. The van der Waals surface area contributed by atoms with Gasteiger partial charge in [-0.2, -0.15) is 0 Å². The average Bonchev–Trinajstić information content (AvgIpc) is 4.13. The average molecular weight is 813 g/mol. The SMILES string of the molecule is C=C[C@@H]1C[C@]1(CC(=O)[C@@H]1C[C@@H](Oc2cc(-c3ccccc3)nc3cc(OC)ccc23)CN1C(=O)[C@@H](CC(=O)N1CCCCCC1)C(C)(C)C)C(=O)NS(=O)(=O)C1CC1. The van der Waals surface area contributed by atoms with Gasteiger partial charge in [0.05, 0.1) is 47.5 Å². The first-order valence-electron chi connectivity index (χ1n) is 20.6. The number of Topliss-reactive ketones (excluding diaryl/α,β-unsaturated/α-hetero) is 1. The number of aromatic nitrogens is 1. The van der Waals surface area contributed by atoms with E-state index < -0.39 is 56.0 Å². The second-order valence-electron chi connectivity index (χ2n) is 17.7. The number of carbonyl (C=O) groups excluding carboxylic acids is 4. The van der Waals surface area contributed by atoms with E-state index in [0.717, 1.165) is 36.6 Å². The van der Waals surface area contributed by atoms with Gasteiger partial charge in [-0.15, -0.1) is 6.58 Å². The van der Waals surface area contributed by atoms with Gasteiger partial charge in [-0.3, -0.25) is 23.9 Å². The lowest BCUT2D eigenvalue weighted by Crippen LogP contribution is -2.49. The Bertz CT molecular complexity index is 2170. The van der Waals surface area contributed by atoms with Gasteiger partial charge in [-0.25, -0.2) is 13.4 Å². The Hall–Kier alpha value is -4.78. The molecule has 0 bridgehead atoms. The van der Waals surface area contributed by atoms with Crippen molar-refractivity contribution in [3.8, 4) is 22.8 Å². The number of nitrogens with one attached hydrogen (secondary N) is 1. The van der Waals surface area contributed by atoms with Gasteiger partial charge in [-0.05, 0) is 55.6 Å². The van der Waals surface area contributed by atoms with Gasteiger partial charge < -0.3 is 19.3 Å². The highest BCUT2D eigenvalue weighted by Crippen LogP contribution is 2.57. The van der Waals surface area contributed by atoms with Crippen LogP contribution in [0.25, 0.3) is 22.2 Å². The van der Waals surface area contributed by atoms with Crippen LogP contribution in [-0.4, -0.2) is 90.8 Å². The van der Waals surface area contributed by atoms with E-state index in [1.54, 1.807) is 18.1 Å². The number of nitrogens with zero attached hydrogens (tertiary/aromatic N) is 3. The first-order chi connectivity index (χ1) is 27.6. The molecule has 4 aliphatic rings. The number of rotatable bonds is 14. The summed E-state index contributed by atoms with van der Waals surface area (Å²) in [6, 6.07) is 16.1. The van der Waals surface area contributed by atoms with Gasteiger partial charge in [0, 0.05) is 55.4 Å². The molecule has 2 aromatic carbocycles. The summed E-state index contributed by atoms with van der Waals surface area (Å²) >= 11 is 0. The lowest BCUT2D eigenvalue weighted by molar-refractivity contribution is -0.148. The molecular formula is C45H56N4O8S. The van der Waals surface area contributed by atoms with E-state index in [2.05, 4.69) is 11.3 Å². The summed E-state index contributed by atoms with van der Waals surface area (Å²) in [4.78, 5) is 65.5. The largest absolute Gasteiger partial charge is 0.497 e. The zero-order valence-electron chi connectivity index (χ0n) is 34.1. The molecule has 1 N–H and O–H groups in total. The van der Waals surface area contributed by atoms with Gasteiger partial charge in [0.15, 0.2) is 5.78 Å². The summed E-state index contributed by atoms with van der Waals surface area (Å²) in [5.74, 6) is -1.43. The third-order valence-electron chi connectivity index (χ3n) is 12.5. The molecule has 0 radical (unpaired) electrons. The van der Waals surface area contributed by atoms with E-state index in [1.165, 1.54) is 0 Å².